The number of methoxy groups -OCH3 is 1. The van der Waals surface area contributed by atoms with Gasteiger partial charge in [-0.3, -0.25) is 0 Å². The number of morpholine rings is 1. The van der Waals surface area contributed by atoms with Gasteiger partial charge < -0.3 is 24.8 Å². The van der Waals surface area contributed by atoms with Gasteiger partial charge in [-0.15, -0.1) is 0 Å². The molecule has 2 rings (SSSR count). The molecule has 2 amide bonds. The number of amides is 2. The Bertz CT molecular complexity index is 551. The number of aliphatic carboxylic acids is 1. The number of rotatable bonds is 3. The van der Waals surface area contributed by atoms with Crippen LogP contribution in [0.5, 0.6) is 5.75 Å². The molecule has 0 radical (unpaired) electrons. The Morgan fingerprint density at radius 3 is 2.95 bits per heavy atom. The van der Waals surface area contributed by atoms with Crippen LogP contribution in [-0.2, 0) is 9.53 Å². The van der Waals surface area contributed by atoms with Crippen LogP contribution in [0, 0.1) is 5.82 Å². The standard InChI is InChI=1S/C13H15FN2O5/c1-20-8-2-3-9(14)10(6-8)15-13(19)16-4-5-21-7-11(16)12(17)18/h2-3,6,11H,4-5,7H2,1H3,(H,15,19)(H,17,18). The molecular weight excluding hydrogens is 283 g/mol. The summed E-state index contributed by atoms with van der Waals surface area (Å²) in [4.78, 5) is 24.3. The Morgan fingerprint density at radius 1 is 1.52 bits per heavy atom. The lowest BCUT2D eigenvalue weighted by molar-refractivity contribution is -0.147. The van der Waals surface area contributed by atoms with E-state index < -0.39 is 23.9 Å². The van der Waals surface area contributed by atoms with Crippen molar-refractivity contribution in [1.29, 1.82) is 0 Å². The summed E-state index contributed by atoms with van der Waals surface area (Å²) < 4.78 is 23.6. The molecule has 2 N–H and O–H groups in total. The SMILES string of the molecule is COc1ccc(F)c(NC(=O)N2CCOCC2C(=O)O)c1. The number of nitrogens with zero attached hydrogens (tertiary/aromatic N) is 1. The van der Waals surface area contributed by atoms with Crippen LogP contribution >= 0.6 is 0 Å². The van der Waals surface area contributed by atoms with Crippen molar-refractivity contribution >= 4 is 17.7 Å². The molecule has 114 valence electrons. The number of urea groups is 1. The van der Waals surface area contributed by atoms with Crippen LogP contribution in [0.3, 0.4) is 0 Å². The summed E-state index contributed by atoms with van der Waals surface area (Å²) >= 11 is 0. The average Bonchev–Trinajstić information content (AvgIpc) is 2.49. The minimum absolute atomic E-state index is 0.0741. The maximum absolute atomic E-state index is 13.7. The van der Waals surface area contributed by atoms with Gasteiger partial charge in [-0.2, -0.15) is 0 Å². The quantitative estimate of drug-likeness (QED) is 0.874. The number of carboxylic acid groups (broad SMARTS) is 1. The lowest BCUT2D eigenvalue weighted by Crippen LogP contribution is -2.54. The molecule has 1 heterocycles. The minimum atomic E-state index is -1.17. The number of nitrogens with one attached hydrogen (secondary N) is 1. The lowest BCUT2D eigenvalue weighted by Gasteiger charge is -2.32. The molecule has 0 spiro atoms. The maximum Gasteiger partial charge on any atom is 0.328 e. The Kier molecular flexibility index (Phi) is 4.59. The van der Waals surface area contributed by atoms with Gasteiger partial charge in [0.05, 0.1) is 26.0 Å². The van der Waals surface area contributed by atoms with Crippen molar-refractivity contribution in [3.63, 3.8) is 0 Å². The summed E-state index contributed by atoms with van der Waals surface area (Å²) in [5.74, 6) is -1.43. The molecule has 1 aromatic carbocycles. The molecule has 1 aliphatic heterocycles. The number of anilines is 1. The Balaban J connectivity index is 2.14. The number of carbonyl (C=O) groups is 2. The van der Waals surface area contributed by atoms with Gasteiger partial charge in [0.15, 0.2) is 6.04 Å². The van der Waals surface area contributed by atoms with E-state index >= 15 is 0 Å². The molecule has 0 aliphatic carbocycles. The third-order valence-electron chi connectivity index (χ3n) is 3.09. The van der Waals surface area contributed by atoms with E-state index in [-0.39, 0.29) is 25.4 Å². The highest BCUT2D eigenvalue weighted by Crippen LogP contribution is 2.22. The molecular formula is C13H15FN2O5. The summed E-state index contributed by atoms with van der Waals surface area (Å²) in [5.41, 5.74) is -0.0741. The van der Waals surface area contributed by atoms with Gasteiger partial charge in [0.25, 0.3) is 0 Å². The number of hydrogen-bond acceptors (Lipinski definition) is 4. The smallest absolute Gasteiger partial charge is 0.328 e. The van der Waals surface area contributed by atoms with Gasteiger partial charge in [0.2, 0.25) is 0 Å². The predicted octanol–water partition coefficient (Wildman–Crippen LogP) is 1.15. The summed E-state index contributed by atoms with van der Waals surface area (Å²) in [6.45, 7) is 0.259. The third-order valence-corrected chi connectivity index (χ3v) is 3.09. The predicted molar refractivity (Wildman–Crippen MR) is 70.9 cm³/mol. The van der Waals surface area contributed by atoms with Crippen molar-refractivity contribution in [1.82, 2.24) is 4.90 Å². The molecule has 8 heteroatoms. The van der Waals surface area contributed by atoms with Gasteiger partial charge in [0.1, 0.15) is 11.6 Å². The topological polar surface area (TPSA) is 88.1 Å². The number of hydrogen-bond donors (Lipinski definition) is 2. The monoisotopic (exact) mass is 298 g/mol. The zero-order valence-corrected chi connectivity index (χ0v) is 11.3. The van der Waals surface area contributed by atoms with E-state index in [0.717, 1.165) is 11.0 Å². The van der Waals surface area contributed by atoms with Gasteiger partial charge in [-0.25, -0.2) is 14.0 Å². The van der Waals surface area contributed by atoms with Gasteiger partial charge >= 0.3 is 12.0 Å². The molecule has 21 heavy (non-hydrogen) atoms. The molecule has 0 aromatic heterocycles. The minimum Gasteiger partial charge on any atom is -0.497 e. The van der Waals surface area contributed by atoms with E-state index in [9.17, 15) is 14.0 Å². The maximum atomic E-state index is 13.7. The van der Waals surface area contributed by atoms with Crippen molar-refractivity contribution in [2.24, 2.45) is 0 Å². The first-order valence-corrected chi connectivity index (χ1v) is 6.24. The molecule has 0 saturated carbocycles. The summed E-state index contributed by atoms with van der Waals surface area (Å²) in [5, 5.41) is 11.4. The molecule has 1 aliphatic rings. The molecule has 7 nitrogen and oxygen atoms in total. The van der Waals surface area contributed by atoms with Gasteiger partial charge in [-0.05, 0) is 12.1 Å². The van der Waals surface area contributed by atoms with Crippen molar-refractivity contribution in [2.45, 2.75) is 6.04 Å². The second kappa shape index (κ2) is 6.40. The van der Waals surface area contributed by atoms with Gasteiger partial charge in [0, 0.05) is 12.6 Å². The van der Waals surface area contributed by atoms with E-state index in [1.165, 1.54) is 19.2 Å². The summed E-state index contributed by atoms with van der Waals surface area (Å²) in [7, 11) is 1.42. The first kappa shape index (κ1) is 15.0. The zero-order chi connectivity index (χ0) is 15.4. The second-order valence-electron chi connectivity index (χ2n) is 4.40. The molecule has 1 atom stereocenters. The highest BCUT2D eigenvalue weighted by Gasteiger charge is 2.33. The van der Waals surface area contributed by atoms with Crippen LogP contribution in [0.4, 0.5) is 14.9 Å². The number of carbonyl (C=O) groups excluding carboxylic acids is 1. The fourth-order valence-corrected chi connectivity index (χ4v) is 1.97. The van der Waals surface area contributed by atoms with E-state index in [2.05, 4.69) is 5.32 Å². The van der Waals surface area contributed by atoms with Crippen LogP contribution in [0.1, 0.15) is 0 Å². The van der Waals surface area contributed by atoms with E-state index in [1.54, 1.807) is 0 Å². The van der Waals surface area contributed by atoms with Crippen LogP contribution in [-0.4, -0.2) is 54.9 Å². The Hall–Kier alpha value is -2.35. The highest BCUT2D eigenvalue weighted by molar-refractivity contribution is 5.92. The first-order valence-electron chi connectivity index (χ1n) is 6.24. The molecule has 1 fully saturated rings. The Morgan fingerprint density at radius 2 is 2.29 bits per heavy atom. The van der Waals surface area contributed by atoms with Crippen molar-refractivity contribution in [3.8, 4) is 5.75 Å². The molecule has 1 saturated heterocycles. The van der Waals surface area contributed by atoms with Crippen LogP contribution in [0.25, 0.3) is 0 Å². The van der Waals surface area contributed by atoms with E-state index in [4.69, 9.17) is 14.6 Å². The number of benzene rings is 1. The molecule has 0 bridgehead atoms. The van der Waals surface area contributed by atoms with Crippen molar-refractivity contribution < 1.29 is 28.6 Å². The van der Waals surface area contributed by atoms with Crippen molar-refractivity contribution in [3.05, 3.63) is 24.0 Å². The highest BCUT2D eigenvalue weighted by atomic mass is 19.1. The average molecular weight is 298 g/mol. The van der Waals surface area contributed by atoms with Gasteiger partial charge in [-0.1, -0.05) is 0 Å². The van der Waals surface area contributed by atoms with E-state index in [1.807, 2.05) is 0 Å². The fraction of sp³-hybridized carbons (Fsp3) is 0.385. The van der Waals surface area contributed by atoms with Crippen LogP contribution in [0.15, 0.2) is 18.2 Å². The zero-order valence-electron chi connectivity index (χ0n) is 11.3. The number of ether oxygens (including phenoxy) is 2. The summed E-state index contributed by atoms with van der Waals surface area (Å²) in [6, 6.07) is 2.11. The normalized spacial score (nSPS) is 18.2. The van der Waals surface area contributed by atoms with E-state index in [0.29, 0.717) is 5.75 Å². The largest absolute Gasteiger partial charge is 0.497 e. The first-order chi connectivity index (χ1) is 10.0. The summed E-state index contributed by atoms with van der Waals surface area (Å²) in [6.07, 6.45) is 0. The van der Waals surface area contributed by atoms with Crippen LogP contribution < -0.4 is 10.1 Å². The van der Waals surface area contributed by atoms with Crippen molar-refractivity contribution in [2.75, 3.05) is 32.2 Å². The third kappa shape index (κ3) is 3.40. The Labute approximate surface area is 120 Å². The fourth-order valence-electron chi connectivity index (χ4n) is 1.97. The molecule has 1 unspecified atom stereocenters. The second-order valence-corrected chi connectivity index (χ2v) is 4.40. The van der Waals surface area contributed by atoms with Crippen LogP contribution in [0.2, 0.25) is 0 Å². The lowest BCUT2D eigenvalue weighted by atomic mass is 10.2. The number of halogens is 1. The molecule has 1 aromatic rings. The number of carboxylic acids is 1.